The number of ether oxygens (including phenoxy) is 2. The summed E-state index contributed by atoms with van der Waals surface area (Å²) in [6.07, 6.45) is 1.31. The fourth-order valence-corrected chi connectivity index (χ4v) is 4.65. The number of carbonyl (C=O) groups excluding carboxylic acids is 2. The van der Waals surface area contributed by atoms with E-state index < -0.39 is 33.1 Å². The van der Waals surface area contributed by atoms with E-state index in [2.05, 4.69) is 42.4 Å². The van der Waals surface area contributed by atoms with E-state index in [-0.39, 0.29) is 23.8 Å². The molecule has 0 aromatic heterocycles. The van der Waals surface area contributed by atoms with E-state index in [1.807, 2.05) is 26.8 Å². The number of nitro benzene ring substituents is 2. The van der Waals surface area contributed by atoms with E-state index in [9.17, 15) is 29.8 Å². The molecule has 0 aliphatic rings. The van der Waals surface area contributed by atoms with Gasteiger partial charge < -0.3 is 9.47 Å². The van der Waals surface area contributed by atoms with Crippen molar-refractivity contribution in [3.63, 3.8) is 0 Å². The number of non-ortho nitro benzene ring substituents is 2. The average Bonchev–Trinajstić information content (AvgIpc) is 2.90. The van der Waals surface area contributed by atoms with Crippen LogP contribution in [0.2, 0.25) is 0 Å². The molecule has 3 rings (SSSR count). The monoisotopic (exact) mass is 676 g/mol. The van der Waals surface area contributed by atoms with Crippen molar-refractivity contribution in [1.29, 1.82) is 0 Å². The van der Waals surface area contributed by atoms with Gasteiger partial charge in [-0.25, -0.2) is 10.2 Å². The van der Waals surface area contributed by atoms with E-state index in [1.165, 1.54) is 18.3 Å². The highest BCUT2D eigenvalue weighted by molar-refractivity contribution is 9.11. The van der Waals surface area contributed by atoms with Gasteiger partial charge in [0.25, 0.3) is 17.3 Å². The molecule has 0 unspecified atom stereocenters. The molecule has 0 radical (unpaired) electrons. The number of hydrogen-bond acceptors (Lipinski definition) is 9. The zero-order valence-corrected chi connectivity index (χ0v) is 24.5. The number of carbonyl (C=O) groups is 2. The van der Waals surface area contributed by atoms with Crippen LogP contribution >= 0.6 is 31.9 Å². The Balaban J connectivity index is 1.65. The summed E-state index contributed by atoms with van der Waals surface area (Å²) in [5.74, 6) is -0.764. The van der Waals surface area contributed by atoms with Crippen LogP contribution in [0.25, 0.3) is 0 Å². The lowest BCUT2D eigenvalue weighted by atomic mass is 10.0. The van der Waals surface area contributed by atoms with Gasteiger partial charge in [-0.05, 0) is 63.7 Å². The van der Waals surface area contributed by atoms with Crippen molar-refractivity contribution in [1.82, 2.24) is 5.43 Å². The summed E-state index contributed by atoms with van der Waals surface area (Å²) in [6.45, 7) is 5.65. The van der Waals surface area contributed by atoms with Gasteiger partial charge in [0.05, 0.1) is 32.2 Å². The van der Waals surface area contributed by atoms with Gasteiger partial charge in [-0.3, -0.25) is 25.0 Å². The van der Waals surface area contributed by atoms with Crippen LogP contribution in [-0.4, -0.2) is 34.5 Å². The summed E-state index contributed by atoms with van der Waals surface area (Å²) in [5.41, 5.74) is 3.06. The normalized spacial score (nSPS) is 10.9. The van der Waals surface area contributed by atoms with Gasteiger partial charge in [0.1, 0.15) is 11.5 Å². The highest BCUT2D eigenvalue weighted by Gasteiger charge is 2.21. The number of amides is 1. The molecule has 3 aromatic carbocycles. The number of nitrogens with one attached hydrogen (secondary N) is 1. The molecule has 3 aromatic rings. The Morgan fingerprint density at radius 1 is 1.05 bits per heavy atom. The molecule has 0 saturated carbocycles. The van der Waals surface area contributed by atoms with E-state index in [0.717, 1.165) is 38.3 Å². The molecule has 0 saturated heterocycles. The zero-order chi connectivity index (χ0) is 29.6. The summed E-state index contributed by atoms with van der Waals surface area (Å²) >= 11 is 7.05. The van der Waals surface area contributed by atoms with Crippen LogP contribution in [0.5, 0.6) is 11.5 Å². The highest BCUT2D eigenvalue weighted by atomic mass is 79.9. The lowest BCUT2D eigenvalue weighted by Crippen LogP contribution is -2.25. The van der Waals surface area contributed by atoms with Crippen molar-refractivity contribution >= 4 is 61.3 Å². The summed E-state index contributed by atoms with van der Waals surface area (Å²) in [5, 5.41) is 26.0. The number of benzene rings is 3. The Morgan fingerprint density at radius 3 is 2.30 bits per heavy atom. The van der Waals surface area contributed by atoms with E-state index in [0.29, 0.717) is 11.3 Å². The molecule has 0 fully saturated rings. The fraction of sp³-hybridized carbons (Fsp3) is 0.192. The maximum Gasteiger partial charge on any atom is 0.344 e. The molecule has 14 heteroatoms. The minimum Gasteiger partial charge on any atom is -0.482 e. The van der Waals surface area contributed by atoms with E-state index >= 15 is 0 Å². The van der Waals surface area contributed by atoms with Crippen molar-refractivity contribution in [2.24, 2.45) is 5.10 Å². The maximum absolute atomic E-state index is 12.5. The number of nitrogens with zero attached hydrogens (tertiary/aromatic N) is 3. The SMILES string of the molecule is Cc1c(Br)cc(C(C)C)c(OCC(=O)N/N=C/c2cccc(OC(=O)c3cc([N+](=O)[O-])cc([N+](=O)[O-])c3)c2)c1Br. The van der Waals surface area contributed by atoms with Crippen molar-refractivity contribution < 1.29 is 28.9 Å². The number of esters is 1. The van der Waals surface area contributed by atoms with Gasteiger partial charge in [-0.15, -0.1) is 0 Å². The van der Waals surface area contributed by atoms with Gasteiger partial charge in [-0.1, -0.05) is 41.9 Å². The van der Waals surface area contributed by atoms with Gasteiger partial charge >= 0.3 is 5.97 Å². The predicted molar refractivity (Wildman–Crippen MR) is 153 cm³/mol. The van der Waals surface area contributed by atoms with Crippen LogP contribution in [-0.2, 0) is 4.79 Å². The Morgan fingerprint density at radius 2 is 1.70 bits per heavy atom. The average molecular weight is 678 g/mol. The standard InChI is InChI=1S/C26H22Br2N4O8/c1-14(2)21-11-22(27)15(3)24(28)25(21)39-13-23(33)30-29-12-16-5-4-6-20(7-16)40-26(34)17-8-18(31(35)36)10-19(9-17)32(37)38/h4-12,14H,13H2,1-3H3,(H,30,33)/b29-12+. The molecular weight excluding hydrogens is 656 g/mol. The lowest BCUT2D eigenvalue weighted by Gasteiger charge is -2.18. The molecule has 0 atom stereocenters. The quantitative estimate of drug-likeness (QED) is 0.0870. The largest absolute Gasteiger partial charge is 0.482 e. The summed E-state index contributed by atoms with van der Waals surface area (Å²) < 4.78 is 12.7. The highest BCUT2D eigenvalue weighted by Crippen LogP contribution is 2.40. The van der Waals surface area contributed by atoms with Gasteiger partial charge in [0, 0.05) is 16.6 Å². The number of halogens is 2. The molecular formula is C26H22Br2N4O8. The third-order valence-electron chi connectivity index (χ3n) is 5.43. The third kappa shape index (κ3) is 7.70. The first-order chi connectivity index (χ1) is 18.9. The second-order valence-corrected chi connectivity index (χ2v) is 10.3. The Labute approximate surface area is 244 Å². The minimum absolute atomic E-state index is 0.0504. The Kier molecular flexibility index (Phi) is 10.1. The fourth-order valence-electron chi connectivity index (χ4n) is 3.38. The van der Waals surface area contributed by atoms with Crippen molar-refractivity contribution in [3.05, 3.63) is 100.0 Å². The second kappa shape index (κ2) is 13.3. The molecule has 40 heavy (non-hydrogen) atoms. The van der Waals surface area contributed by atoms with Gasteiger partial charge in [0.2, 0.25) is 0 Å². The molecule has 0 spiro atoms. The maximum atomic E-state index is 12.5. The number of hydrogen-bond donors (Lipinski definition) is 1. The van der Waals surface area contributed by atoms with Crippen LogP contribution in [0.3, 0.4) is 0 Å². The predicted octanol–water partition coefficient (Wildman–Crippen LogP) is 6.21. The van der Waals surface area contributed by atoms with Crippen LogP contribution in [0.15, 0.2) is 62.6 Å². The van der Waals surface area contributed by atoms with Crippen molar-refractivity contribution in [3.8, 4) is 11.5 Å². The van der Waals surface area contributed by atoms with Gasteiger partial charge in [-0.2, -0.15) is 5.10 Å². The van der Waals surface area contributed by atoms with Crippen LogP contribution in [0.4, 0.5) is 11.4 Å². The first-order valence-electron chi connectivity index (χ1n) is 11.6. The molecule has 1 amide bonds. The summed E-state index contributed by atoms with van der Waals surface area (Å²) in [6, 6.07) is 10.5. The van der Waals surface area contributed by atoms with Crippen LogP contribution in [0, 0.1) is 27.2 Å². The Hall–Kier alpha value is -4.17. The topological polar surface area (TPSA) is 163 Å². The van der Waals surface area contributed by atoms with Crippen LogP contribution in [0.1, 0.15) is 46.8 Å². The second-order valence-electron chi connectivity index (χ2n) is 8.67. The molecule has 208 valence electrons. The molecule has 0 bridgehead atoms. The number of hydrazone groups is 1. The summed E-state index contributed by atoms with van der Waals surface area (Å²) in [4.78, 5) is 45.3. The smallest absolute Gasteiger partial charge is 0.344 e. The van der Waals surface area contributed by atoms with Crippen molar-refractivity contribution in [2.45, 2.75) is 26.7 Å². The third-order valence-corrected chi connectivity index (χ3v) is 7.21. The number of nitro groups is 2. The molecule has 12 nitrogen and oxygen atoms in total. The van der Waals surface area contributed by atoms with Gasteiger partial charge in [0.15, 0.2) is 6.61 Å². The zero-order valence-electron chi connectivity index (χ0n) is 21.3. The minimum atomic E-state index is -1.03. The first kappa shape index (κ1) is 30.4. The molecule has 0 aliphatic heterocycles. The Bertz CT molecular complexity index is 1490. The molecule has 0 aliphatic carbocycles. The lowest BCUT2D eigenvalue weighted by molar-refractivity contribution is -0.394. The summed E-state index contributed by atoms with van der Waals surface area (Å²) in [7, 11) is 0. The van der Waals surface area contributed by atoms with E-state index in [1.54, 1.807) is 12.1 Å². The molecule has 1 N–H and O–H groups in total. The number of rotatable bonds is 10. The van der Waals surface area contributed by atoms with E-state index in [4.69, 9.17) is 9.47 Å². The van der Waals surface area contributed by atoms with Crippen molar-refractivity contribution in [2.75, 3.05) is 6.61 Å². The van der Waals surface area contributed by atoms with Crippen LogP contribution < -0.4 is 14.9 Å². The molecule has 0 heterocycles. The first-order valence-corrected chi connectivity index (χ1v) is 13.1.